The number of nitrogens with zero attached hydrogens (tertiary/aromatic N) is 1. The lowest BCUT2D eigenvalue weighted by Crippen LogP contribution is -2.40. The first-order chi connectivity index (χ1) is 9.15. The molecule has 0 atom stereocenters. The van der Waals surface area contributed by atoms with Gasteiger partial charge in [0.15, 0.2) is 8.32 Å². The normalized spacial score (nSPS) is 18.3. The van der Waals surface area contributed by atoms with E-state index >= 15 is 0 Å². The highest BCUT2D eigenvalue weighted by Gasteiger charge is 2.36. The van der Waals surface area contributed by atoms with Crippen molar-refractivity contribution in [2.45, 2.75) is 45.8 Å². The third-order valence-corrected chi connectivity index (χ3v) is 8.99. The average Bonchev–Trinajstić information content (AvgIpc) is 2.37. The Labute approximate surface area is 125 Å². The van der Waals surface area contributed by atoms with Crippen molar-refractivity contribution in [3.8, 4) is 0 Å². The van der Waals surface area contributed by atoms with Gasteiger partial charge in [0.1, 0.15) is 0 Å². The summed E-state index contributed by atoms with van der Waals surface area (Å²) in [4.78, 5) is 2.29. The molecule has 116 valence electrons. The van der Waals surface area contributed by atoms with Crippen LogP contribution >= 0.6 is 0 Å². The maximum Gasteiger partial charge on any atom is 0.192 e. The lowest BCUT2D eigenvalue weighted by molar-refractivity contribution is 0.0549. The molecule has 0 saturated carbocycles. The van der Waals surface area contributed by atoms with Gasteiger partial charge in [-0.15, -0.1) is 0 Å². The molecule has 0 aromatic heterocycles. The van der Waals surface area contributed by atoms with E-state index in [1.807, 2.05) is 0 Å². The molecule has 0 spiro atoms. The van der Waals surface area contributed by atoms with Crippen molar-refractivity contribution < 1.29 is 9.16 Å². The van der Waals surface area contributed by atoms with Crippen LogP contribution in [0.25, 0.3) is 0 Å². The van der Waals surface area contributed by atoms with Crippen LogP contribution < -0.4 is 0 Å². The topological polar surface area (TPSA) is 21.7 Å². The molecule has 0 aliphatic carbocycles. The number of morpholine rings is 1. The minimum Gasteiger partial charge on any atom is -0.413 e. The number of hydrogen-bond acceptors (Lipinski definition) is 3. The molecule has 1 saturated heterocycles. The maximum atomic E-state index is 6.18. The van der Waals surface area contributed by atoms with Gasteiger partial charge < -0.3 is 14.1 Å². The quantitative estimate of drug-likeness (QED) is 0.569. The molecule has 4 heteroatoms. The fourth-order valence-corrected chi connectivity index (χ4v) is 2.73. The lowest BCUT2D eigenvalue weighted by Gasteiger charge is -2.36. The maximum absolute atomic E-state index is 6.18. The molecule has 1 rings (SSSR count). The Morgan fingerprint density at radius 3 is 2.35 bits per heavy atom. The second-order valence-electron chi connectivity index (χ2n) is 7.00. The highest BCUT2D eigenvalue weighted by atomic mass is 28.4. The van der Waals surface area contributed by atoms with Crippen LogP contribution in [0.1, 0.15) is 27.7 Å². The Hall–Kier alpha value is -0.583. The smallest absolute Gasteiger partial charge is 0.192 e. The predicted molar refractivity (Wildman–Crippen MR) is 88.4 cm³/mol. The summed E-state index contributed by atoms with van der Waals surface area (Å²) in [5.41, 5.74) is 2.32. The minimum absolute atomic E-state index is 0.260. The number of allylic oxidation sites excluding steroid dienone is 1. The van der Waals surface area contributed by atoms with Gasteiger partial charge >= 0.3 is 0 Å². The molecule has 3 nitrogen and oxygen atoms in total. The van der Waals surface area contributed by atoms with Gasteiger partial charge in [0.25, 0.3) is 0 Å². The molecule has 0 N–H and O–H groups in total. The molecule has 1 aliphatic rings. The van der Waals surface area contributed by atoms with Crippen LogP contribution in [0.4, 0.5) is 0 Å². The Morgan fingerprint density at radius 2 is 1.85 bits per heavy atom. The van der Waals surface area contributed by atoms with Gasteiger partial charge in [-0.2, -0.15) is 0 Å². The van der Waals surface area contributed by atoms with E-state index < -0.39 is 8.32 Å². The van der Waals surface area contributed by atoms with E-state index in [4.69, 9.17) is 9.16 Å². The van der Waals surface area contributed by atoms with Crippen molar-refractivity contribution in [3.05, 3.63) is 23.9 Å². The van der Waals surface area contributed by atoms with Crippen molar-refractivity contribution in [2.75, 3.05) is 32.9 Å². The summed E-state index contributed by atoms with van der Waals surface area (Å²) in [6, 6.07) is 0. The molecule has 1 fully saturated rings. The van der Waals surface area contributed by atoms with Crippen LogP contribution in [0.3, 0.4) is 0 Å². The Bertz CT molecular complexity index is 363. The second kappa shape index (κ2) is 6.92. The molecule has 0 aromatic rings. The van der Waals surface area contributed by atoms with E-state index in [1.54, 1.807) is 0 Å². The monoisotopic (exact) mass is 297 g/mol. The molecular weight excluding hydrogens is 266 g/mol. The summed E-state index contributed by atoms with van der Waals surface area (Å²) in [5, 5.41) is 0.260. The fraction of sp³-hybridized carbons (Fsp3) is 0.750. The van der Waals surface area contributed by atoms with Crippen molar-refractivity contribution in [1.82, 2.24) is 4.90 Å². The third-order valence-electron chi connectivity index (χ3n) is 4.49. The fourth-order valence-electron chi connectivity index (χ4n) is 1.79. The van der Waals surface area contributed by atoms with E-state index in [0.29, 0.717) is 6.61 Å². The van der Waals surface area contributed by atoms with E-state index in [-0.39, 0.29) is 5.04 Å². The van der Waals surface area contributed by atoms with Gasteiger partial charge in [0.2, 0.25) is 0 Å². The molecule has 1 heterocycles. The van der Waals surface area contributed by atoms with E-state index in [1.165, 1.54) is 5.57 Å². The van der Waals surface area contributed by atoms with E-state index in [0.717, 1.165) is 32.0 Å². The van der Waals surface area contributed by atoms with Gasteiger partial charge in [0, 0.05) is 18.8 Å². The molecule has 0 radical (unpaired) electrons. The van der Waals surface area contributed by atoms with Gasteiger partial charge in [-0.25, -0.2) is 0 Å². The summed E-state index contributed by atoms with van der Waals surface area (Å²) < 4.78 is 11.6. The van der Waals surface area contributed by atoms with Crippen LogP contribution in [-0.2, 0) is 9.16 Å². The molecule has 20 heavy (non-hydrogen) atoms. The number of ether oxygens (including phenoxy) is 1. The summed E-state index contributed by atoms with van der Waals surface area (Å²) in [6.45, 7) is 21.8. The molecule has 0 unspecified atom stereocenters. The first kappa shape index (κ1) is 17.5. The molecule has 0 bridgehead atoms. The summed E-state index contributed by atoms with van der Waals surface area (Å²) in [6.07, 6.45) is 2.16. The van der Waals surface area contributed by atoms with Crippen molar-refractivity contribution in [3.63, 3.8) is 0 Å². The second-order valence-corrected chi connectivity index (χ2v) is 11.8. The highest BCUT2D eigenvalue weighted by molar-refractivity contribution is 6.74. The zero-order valence-electron chi connectivity index (χ0n) is 14.1. The van der Waals surface area contributed by atoms with Crippen LogP contribution in [0, 0.1) is 0 Å². The standard InChI is InChI=1S/C16H31NO2Si/c1-14(15(2)17-9-12-18-13-10-17)8-11-19-20(6,7)16(3,4)5/h8H,2,9-13H2,1,3-7H3/b14-8+. The number of rotatable bonds is 5. The van der Waals surface area contributed by atoms with Crippen LogP contribution in [0.5, 0.6) is 0 Å². The van der Waals surface area contributed by atoms with Gasteiger partial charge in [-0.1, -0.05) is 33.4 Å². The Morgan fingerprint density at radius 1 is 1.30 bits per heavy atom. The minimum atomic E-state index is -1.65. The largest absolute Gasteiger partial charge is 0.413 e. The first-order valence-electron chi connectivity index (χ1n) is 7.48. The Kier molecular flexibility index (Phi) is 6.04. The molecule has 1 aliphatic heterocycles. The average molecular weight is 298 g/mol. The zero-order chi connectivity index (χ0) is 15.4. The molecule has 0 aromatic carbocycles. The zero-order valence-corrected chi connectivity index (χ0v) is 15.1. The highest BCUT2D eigenvalue weighted by Crippen LogP contribution is 2.36. The van der Waals surface area contributed by atoms with Gasteiger partial charge in [-0.3, -0.25) is 0 Å². The molecule has 0 amide bonds. The van der Waals surface area contributed by atoms with Crippen LogP contribution in [-0.4, -0.2) is 46.1 Å². The van der Waals surface area contributed by atoms with Crippen LogP contribution in [0.15, 0.2) is 23.9 Å². The number of hydrogen-bond donors (Lipinski definition) is 0. The van der Waals surface area contributed by atoms with E-state index in [9.17, 15) is 0 Å². The predicted octanol–water partition coefficient (Wildman–Crippen LogP) is 3.80. The first-order valence-corrected chi connectivity index (χ1v) is 10.4. The Balaban J connectivity index is 2.51. The van der Waals surface area contributed by atoms with Gasteiger partial charge in [-0.05, 0) is 30.6 Å². The summed E-state index contributed by atoms with van der Waals surface area (Å²) in [5.74, 6) is 0. The van der Waals surface area contributed by atoms with Crippen molar-refractivity contribution in [2.24, 2.45) is 0 Å². The van der Waals surface area contributed by atoms with Crippen molar-refractivity contribution in [1.29, 1.82) is 0 Å². The summed E-state index contributed by atoms with van der Waals surface area (Å²) >= 11 is 0. The third kappa shape index (κ3) is 4.76. The lowest BCUT2D eigenvalue weighted by atomic mass is 10.2. The van der Waals surface area contributed by atoms with E-state index in [2.05, 4.69) is 58.3 Å². The summed E-state index contributed by atoms with van der Waals surface area (Å²) in [7, 11) is -1.65. The SMILES string of the molecule is C=C(/C(C)=C/CO[Si](C)(C)C(C)(C)C)N1CCOCC1. The van der Waals surface area contributed by atoms with Crippen LogP contribution in [0.2, 0.25) is 18.1 Å². The van der Waals surface area contributed by atoms with Crippen molar-refractivity contribution >= 4 is 8.32 Å². The van der Waals surface area contributed by atoms with Gasteiger partial charge in [0.05, 0.1) is 19.8 Å². The molecular formula is C16H31NO2Si.